The molecule has 0 atom stereocenters. The maximum atomic E-state index is 12.8. The number of carbonyl (C=O) groups is 1. The molecule has 2 aromatic carbocycles. The van der Waals surface area contributed by atoms with Crippen molar-refractivity contribution in [3.05, 3.63) is 87.8 Å². The maximum absolute atomic E-state index is 12.8. The number of hydrogen-bond donors (Lipinski definition) is 0. The van der Waals surface area contributed by atoms with Crippen molar-refractivity contribution in [3.63, 3.8) is 0 Å². The van der Waals surface area contributed by atoms with Gasteiger partial charge in [0.05, 0.1) is 22.1 Å². The van der Waals surface area contributed by atoms with Crippen LogP contribution in [0, 0.1) is 10.1 Å². The summed E-state index contributed by atoms with van der Waals surface area (Å²) in [4.78, 5) is 25.6. The molecular weight excluding hydrogens is 446 g/mol. The van der Waals surface area contributed by atoms with E-state index >= 15 is 0 Å². The Morgan fingerprint density at radius 3 is 2.50 bits per heavy atom. The van der Waals surface area contributed by atoms with Crippen LogP contribution in [-0.2, 0) is 11.3 Å². The van der Waals surface area contributed by atoms with Crippen molar-refractivity contribution in [1.82, 2.24) is 14.8 Å². The molecule has 0 radical (unpaired) electrons. The highest BCUT2D eigenvalue weighted by molar-refractivity contribution is 7.99. The standard InChI is InChI=1S/C22H19N5O3S2/c1-25(17-9-11-18(12-10-17)27(29)30)20(28)15-32-22-24-23-21(19-8-5-13-31-19)26(22)14-16-6-3-2-4-7-16/h2-13H,14-15H2,1H3. The topological polar surface area (TPSA) is 94.2 Å². The molecule has 1 amide bonds. The zero-order valence-electron chi connectivity index (χ0n) is 17.1. The zero-order chi connectivity index (χ0) is 22.5. The van der Waals surface area contributed by atoms with E-state index in [4.69, 9.17) is 0 Å². The molecule has 0 saturated carbocycles. The summed E-state index contributed by atoms with van der Waals surface area (Å²) in [6, 6.07) is 19.9. The highest BCUT2D eigenvalue weighted by atomic mass is 32.2. The largest absolute Gasteiger partial charge is 0.315 e. The van der Waals surface area contributed by atoms with Gasteiger partial charge in [0.15, 0.2) is 11.0 Å². The number of non-ortho nitro benzene ring substituents is 1. The summed E-state index contributed by atoms with van der Waals surface area (Å²) in [5.41, 5.74) is 1.69. The Labute approximate surface area is 192 Å². The highest BCUT2D eigenvalue weighted by Gasteiger charge is 2.19. The number of carbonyl (C=O) groups excluding carboxylic acids is 1. The first-order valence-electron chi connectivity index (χ1n) is 9.68. The summed E-state index contributed by atoms with van der Waals surface area (Å²) >= 11 is 2.91. The van der Waals surface area contributed by atoms with E-state index in [1.807, 2.05) is 52.4 Å². The van der Waals surface area contributed by atoms with Crippen LogP contribution in [-0.4, -0.2) is 38.4 Å². The highest BCUT2D eigenvalue weighted by Crippen LogP contribution is 2.28. The third kappa shape index (κ3) is 4.87. The van der Waals surface area contributed by atoms with E-state index in [0.29, 0.717) is 17.4 Å². The fraction of sp³-hybridized carbons (Fsp3) is 0.136. The molecule has 4 aromatic rings. The van der Waals surface area contributed by atoms with E-state index in [0.717, 1.165) is 16.3 Å². The van der Waals surface area contributed by atoms with Gasteiger partial charge < -0.3 is 4.90 Å². The quantitative estimate of drug-likeness (QED) is 0.212. The predicted molar refractivity (Wildman–Crippen MR) is 126 cm³/mol. The lowest BCUT2D eigenvalue weighted by atomic mass is 10.2. The van der Waals surface area contributed by atoms with Crippen LogP contribution in [0.1, 0.15) is 5.56 Å². The van der Waals surface area contributed by atoms with E-state index in [9.17, 15) is 14.9 Å². The van der Waals surface area contributed by atoms with Crippen LogP contribution >= 0.6 is 23.1 Å². The van der Waals surface area contributed by atoms with Crippen LogP contribution in [0.25, 0.3) is 10.7 Å². The second-order valence-corrected chi connectivity index (χ2v) is 8.76. The minimum absolute atomic E-state index is 0.0147. The van der Waals surface area contributed by atoms with Crippen LogP contribution in [0.2, 0.25) is 0 Å². The number of benzene rings is 2. The molecule has 2 heterocycles. The summed E-state index contributed by atoms with van der Waals surface area (Å²) in [6.45, 7) is 0.593. The monoisotopic (exact) mass is 465 g/mol. The molecule has 0 unspecified atom stereocenters. The molecule has 32 heavy (non-hydrogen) atoms. The van der Waals surface area contributed by atoms with Crippen molar-refractivity contribution in [2.24, 2.45) is 0 Å². The van der Waals surface area contributed by atoms with E-state index in [1.54, 1.807) is 30.5 Å². The Morgan fingerprint density at radius 2 is 1.84 bits per heavy atom. The molecule has 0 aliphatic rings. The van der Waals surface area contributed by atoms with Crippen molar-refractivity contribution < 1.29 is 9.72 Å². The van der Waals surface area contributed by atoms with Crippen molar-refractivity contribution in [2.75, 3.05) is 17.7 Å². The number of anilines is 1. The van der Waals surface area contributed by atoms with Crippen molar-refractivity contribution in [3.8, 4) is 10.7 Å². The van der Waals surface area contributed by atoms with Gasteiger partial charge in [0.2, 0.25) is 5.91 Å². The number of thioether (sulfide) groups is 1. The molecular formula is C22H19N5O3S2. The fourth-order valence-electron chi connectivity index (χ4n) is 3.06. The van der Waals surface area contributed by atoms with Gasteiger partial charge in [-0.25, -0.2) is 0 Å². The van der Waals surface area contributed by atoms with E-state index in [-0.39, 0.29) is 17.3 Å². The first kappa shape index (κ1) is 21.7. The van der Waals surface area contributed by atoms with E-state index in [1.165, 1.54) is 28.8 Å². The maximum Gasteiger partial charge on any atom is 0.269 e. The Balaban J connectivity index is 1.51. The van der Waals surface area contributed by atoms with Gasteiger partial charge in [0, 0.05) is 24.9 Å². The van der Waals surface area contributed by atoms with Crippen molar-refractivity contribution in [1.29, 1.82) is 0 Å². The summed E-state index contributed by atoms with van der Waals surface area (Å²) < 4.78 is 2.02. The molecule has 0 spiro atoms. The average Bonchev–Trinajstić information content (AvgIpc) is 3.48. The van der Waals surface area contributed by atoms with Crippen LogP contribution in [0.15, 0.2) is 77.3 Å². The van der Waals surface area contributed by atoms with Crippen molar-refractivity contribution >= 4 is 40.4 Å². The third-order valence-electron chi connectivity index (χ3n) is 4.79. The minimum atomic E-state index is -0.466. The number of thiophene rings is 1. The van der Waals surface area contributed by atoms with Gasteiger partial charge in [-0.1, -0.05) is 48.2 Å². The third-order valence-corrected chi connectivity index (χ3v) is 6.61. The molecule has 0 fully saturated rings. The molecule has 8 nitrogen and oxygen atoms in total. The van der Waals surface area contributed by atoms with Gasteiger partial charge >= 0.3 is 0 Å². The van der Waals surface area contributed by atoms with Gasteiger partial charge in [-0.2, -0.15) is 0 Å². The number of nitro groups is 1. The second kappa shape index (κ2) is 9.75. The zero-order valence-corrected chi connectivity index (χ0v) is 18.8. The molecule has 0 saturated heterocycles. The molecule has 0 aliphatic carbocycles. The van der Waals surface area contributed by atoms with Gasteiger partial charge in [0.1, 0.15) is 0 Å². The lowest BCUT2D eigenvalue weighted by molar-refractivity contribution is -0.384. The Kier molecular flexibility index (Phi) is 6.62. The van der Waals surface area contributed by atoms with Gasteiger partial charge in [-0.15, -0.1) is 21.5 Å². The van der Waals surface area contributed by atoms with Crippen LogP contribution in [0.3, 0.4) is 0 Å². The van der Waals surface area contributed by atoms with Crippen LogP contribution in [0.4, 0.5) is 11.4 Å². The number of aromatic nitrogens is 3. The smallest absolute Gasteiger partial charge is 0.269 e. The molecule has 2 aromatic heterocycles. The van der Waals surface area contributed by atoms with Crippen LogP contribution < -0.4 is 4.90 Å². The van der Waals surface area contributed by atoms with Gasteiger partial charge in [-0.3, -0.25) is 19.5 Å². The number of hydrogen-bond acceptors (Lipinski definition) is 7. The van der Waals surface area contributed by atoms with Crippen molar-refractivity contribution in [2.45, 2.75) is 11.7 Å². The lowest BCUT2D eigenvalue weighted by Gasteiger charge is -2.17. The first-order valence-corrected chi connectivity index (χ1v) is 11.5. The molecule has 0 N–H and O–H groups in total. The molecule has 10 heteroatoms. The molecule has 4 rings (SSSR count). The second-order valence-electron chi connectivity index (χ2n) is 6.87. The first-order chi connectivity index (χ1) is 15.5. The predicted octanol–water partition coefficient (Wildman–Crippen LogP) is 4.72. The number of nitrogens with zero attached hydrogens (tertiary/aromatic N) is 5. The summed E-state index contributed by atoms with van der Waals surface area (Å²) in [5.74, 6) is 0.781. The van der Waals surface area contributed by atoms with Gasteiger partial charge in [-0.05, 0) is 29.1 Å². The normalized spacial score (nSPS) is 10.8. The Morgan fingerprint density at radius 1 is 1.09 bits per heavy atom. The SMILES string of the molecule is CN(C(=O)CSc1nnc(-c2cccs2)n1Cc1ccccc1)c1ccc([N+](=O)[O-])cc1. The Bertz CT molecular complexity index is 1210. The average molecular weight is 466 g/mol. The van der Waals surface area contributed by atoms with E-state index in [2.05, 4.69) is 10.2 Å². The number of nitro benzene ring substituents is 1. The number of amides is 1. The summed E-state index contributed by atoms with van der Waals surface area (Å²) in [5, 5.41) is 22.2. The molecule has 0 aliphatic heterocycles. The Hall–Kier alpha value is -3.50. The van der Waals surface area contributed by atoms with Crippen LogP contribution in [0.5, 0.6) is 0 Å². The summed E-state index contributed by atoms with van der Waals surface area (Å²) in [6.07, 6.45) is 0. The van der Waals surface area contributed by atoms with Gasteiger partial charge in [0.25, 0.3) is 5.69 Å². The van der Waals surface area contributed by atoms with E-state index < -0.39 is 4.92 Å². The lowest BCUT2D eigenvalue weighted by Crippen LogP contribution is -2.28. The minimum Gasteiger partial charge on any atom is -0.315 e. The fourth-order valence-corrected chi connectivity index (χ4v) is 4.63. The number of rotatable bonds is 8. The molecule has 162 valence electrons. The summed E-state index contributed by atoms with van der Waals surface area (Å²) in [7, 11) is 1.65. The molecule has 0 bridgehead atoms.